The van der Waals surface area contributed by atoms with Crippen LogP contribution in [-0.4, -0.2) is 63.2 Å². The highest BCUT2D eigenvalue weighted by atomic mass is 16.5. The van der Waals surface area contributed by atoms with Crippen molar-refractivity contribution >= 4 is 40.6 Å². The third kappa shape index (κ3) is 4.08. The quantitative estimate of drug-likeness (QED) is 0.372. The normalized spacial score (nSPS) is 23.3. The Labute approximate surface area is 193 Å². The van der Waals surface area contributed by atoms with E-state index < -0.39 is 12.3 Å². The fourth-order valence-corrected chi connectivity index (χ4v) is 4.34. The first-order chi connectivity index (χ1) is 16.5. The zero-order valence-electron chi connectivity index (χ0n) is 18.2. The third-order valence-corrected chi connectivity index (χ3v) is 5.90. The van der Waals surface area contributed by atoms with Crippen molar-refractivity contribution in [2.75, 3.05) is 24.2 Å². The number of carbonyl (C=O) groups is 3. The number of para-hydroxylation sites is 1. The van der Waals surface area contributed by atoms with Gasteiger partial charge in [0.25, 0.3) is 0 Å². The summed E-state index contributed by atoms with van der Waals surface area (Å²) in [6, 6.07) is 7.90. The first-order valence-corrected chi connectivity index (χ1v) is 10.7. The van der Waals surface area contributed by atoms with Gasteiger partial charge in [-0.3, -0.25) is 14.7 Å². The molecule has 4 heterocycles. The highest BCUT2D eigenvalue weighted by molar-refractivity contribution is 6.02. The largest absolute Gasteiger partial charge is 0.350 e. The van der Waals surface area contributed by atoms with Crippen LogP contribution in [0.4, 0.5) is 21.1 Å². The van der Waals surface area contributed by atoms with Crippen molar-refractivity contribution in [1.82, 2.24) is 35.5 Å². The second-order valence-electron chi connectivity index (χ2n) is 7.98. The number of rotatable bonds is 5. The van der Waals surface area contributed by atoms with E-state index in [4.69, 9.17) is 4.74 Å². The van der Waals surface area contributed by atoms with Gasteiger partial charge < -0.3 is 26.0 Å². The van der Waals surface area contributed by atoms with Gasteiger partial charge in [0, 0.05) is 31.6 Å². The van der Waals surface area contributed by atoms with Crippen LogP contribution in [0.3, 0.4) is 0 Å². The summed E-state index contributed by atoms with van der Waals surface area (Å²) in [4.78, 5) is 49.1. The summed E-state index contributed by atoms with van der Waals surface area (Å²) in [7, 11) is 1.53. The number of anilines is 2. The van der Waals surface area contributed by atoms with E-state index in [9.17, 15) is 14.4 Å². The van der Waals surface area contributed by atoms with E-state index in [0.717, 1.165) is 0 Å². The molecule has 0 aliphatic carbocycles. The van der Waals surface area contributed by atoms with Crippen LogP contribution in [0, 0.1) is 5.92 Å². The fourth-order valence-electron chi connectivity index (χ4n) is 4.34. The molecule has 2 aromatic heterocycles. The Morgan fingerprint density at radius 1 is 1.15 bits per heavy atom. The minimum atomic E-state index is -0.584. The molecule has 0 saturated carbocycles. The Morgan fingerprint density at radius 3 is 2.76 bits per heavy atom. The summed E-state index contributed by atoms with van der Waals surface area (Å²) in [6.07, 6.45) is 2.21. The van der Waals surface area contributed by atoms with Crippen molar-refractivity contribution in [3.63, 3.8) is 0 Å². The molecule has 34 heavy (non-hydrogen) atoms. The fraction of sp³-hybridized carbons (Fsp3) is 0.333. The number of hydrogen-bond acceptors (Lipinski definition) is 7. The van der Waals surface area contributed by atoms with Gasteiger partial charge in [-0.25, -0.2) is 24.5 Å². The summed E-state index contributed by atoms with van der Waals surface area (Å²) in [6.45, 7) is 0.250. The number of fused-ring (bicyclic) bond motifs is 2. The average Bonchev–Trinajstić information content (AvgIpc) is 3.52. The molecule has 2 aliphatic heterocycles. The molecule has 3 aromatic rings. The topological polar surface area (TPSA) is 164 Å². The molecule has 1 aromatic carbocycles. The molecule has 2 saturated heterocycles. The molecule has 2 aliphatic rings. The minimum absolute atomic E-state index is 0.0766. The van der Waals surface area contributed by atoms with Crippen molar-refractivity contribution in [2.45, 2.75) is 24.8 Å². The number of imidazole rings is 1. The molecule has 13 nitrogen and oxygen atoms in total. The minimum Gasteiger partial charge on any atom is -0.350 e. The maximum absolute atomic E-state index is 12.4. The molecule has 176 valence electrons. The van der Waals surface area contributed by atoms with Gasteiger partial charge in [0.1, 0.15) is 6.33 Å². The number of hydrogen-bond donors (Lipinski definition) is 5. The standard InChI is InChI=1S/C21H23N9O4/c1-22-20(32)23-8-13-12-7-14(31)28-15(12)19(34-13)30-10-26-16-17(24-9-25-18(16)30)29-21(33)27-11-5-3-2-4-6-11/h2-6,9-10,12-13,15,19H,7-8H2,1H3,(H,28,31)(H2,22,23,32)(H2,24,25,27,29,33)/t12-,13+,15?,19+/m0/s1. The summed E-state index contributed by atoms with van der Waals surface area (Å²) in [5, 5.41) is 13.6. The zero-order chi connectivity index (χ0) is 23.7. The number of urea groups is 2. The Kier molecular flexibility index (Phi) is 5.67. The van der Waals surface area contributed by atoms with Gasteiger partial charge in [-0.15, -0.1) is 0 Å². The maximum Gasteiger partial charge on any atom is 0.324 e. The Hall–Kier alpha value is -4.26. The van der Waals surface area contributed by atoms with Gasteiger partial charge in [-0.1, -0.05) is 18.2 Å². The molecule has 13 heteroatoms. The van der Waals surface area contributed by atoms with Gasteiger partial charge in [0.2, 0.25) is 5.91 Å². The molecule has 0 radical (unpaired) electrons. The summed E-state index contributed by atoms with van der Waals surface area (Å²) in [5.74, 6) is 0.0374. The SMILES string of the molecule is CNC(=O)NC[C@H]1O[C@@H](n2cnc3c(NC(=O)Nc4ccccc4)ncnc32)C2NC(=O)C[C@H]21. The van der Waals surface area contributed by atoms with Crippen molar-refractivity contribution in [2.24, 2.45) is 5.92 Å². The van der Waals surface area contributed by atoms with Gasteiger partial charge in [-0.05, 0) is 12.1 Å². The van der Waals surface area contributed by atoms with Crippen LogP contribution in [0.15, 0.2) is 43.0 Å². The lowest BCUT2D eigenvalue weighted by Gasteiger charge is -2.19. The van der Waals surface area contributed by atoms with Crippen LogP contribution in [0.2, 0.25) is 0 Å². The van der Waals surface area contributed by atoms with E-state index in [1.165, 1.54) is 13.4 Å². The number of ether oxygens (including phenoxy) is 1. The monoisotopic (exact) mass is 465 g/mol. The Morgan fingerprint density at radius 2 is 1.97 bits per heavy atom. The lowest BCUT2D eigenvalue weighted by Crippen LogP contribution is -2.40. The molecule has 0 spiro atoms. The molecule has 2 fully saturated rings. The number of benzene rings is 1. The predicted octanol–water partition coefficient (Wildman–Crippen LogP) is 0.801. The number of amides is 5. The van der Waals surface area contributed by atoms with Crippen LogP contribution in [0.1, 0.15) is 12.6 Å². The Bertz CT molecular complexity index is 1230. The van der Waals surface area contributed by atoms with Crippen molar-refractivity contribution in [3.8, 4) is 0 Å². The molecule has 4 atom stereocenters. The first-order valence-electron chi connectivity index (χ1n) is 10.7. The zero-order valence-corrected chi connectivity index (χ0v) is 18.2. The van der Waals surface area contributed by atoms with Crippen molar-refractivity contribution < 1.29 is 19.1 Å². The van der Waals surface area contributed by atoms with Gasteiger partial charge in [0.05, 0.1) is 18.5 Å². The molecule has 1 unspecified atom stereocenters. The van der Waals surface area contributed by atoms with E-state index in [1.54, 1.807) is 23.0 Å². The predicted molar refractivity (Wildman–Crippen MR) is 121 cm³/mol. The van der Waals surface area contributed by atoms with Gasteiger partial charge in [-0.2, -0.15) is 0 Å². The second kappa shape index (κ2) is 8.94. The molecule has 5 amide bonds. The Balaban J connectivity index is 1.37. The summed E-state index contributed by atoms with van der Waals surface area (Å²) >= 11 is 0. The van der Waals surface area contributed by atoms with E-state index in [-0.39, 0.29) is 42.4 Å². The van der Waals surface area contributed by atoms with Gasteiger partial charge in [0.15, 0.2) is 23.2 Å². The number of aromatic nitrogens is 4. The van der Waals surface area contributed by atoms with E-state index in [1.807, 2.05) is 18.2 Å². The van der Waals surface area contributed by atoms with Crippen LogP contribution in [0.5, 0.6) is 0 Å². The molecule has 0 bridgehead atoms. The molecule has 5 N–H and O–H groups in total. The third-order valence-electron chi connectivity index (χ3n) is 5.90. The number of nitrogens with one attached hydrogen (secondary N) is 5. The van der Waals surface area contributed by atoms with Crippen LogP contribution < -0.4 is 26.6 Å². The van der Waals surface area contributed by atoms with Crippen LogP contribution in [0.25, 0.3) is 11.2 Å². The second-order valence-corrected chi connectivity index (χ2v) is 7.98. The average molecular weight is 465 g/mol. The molecular formula is C21H23N9O4. The highest BCUT2D eigenvalue weighted by Gasteiger charge is 2.51. The highest BCUT2D eigenvalue weighted by Crippen LogP contribution is 2.40. The van der Waals surface area contributed by atoms with Crippen molar-refractivity contribution in [3.05, 3.63) is 43.0 Å². The lowest BCUT2D eigenvalue weighted by atomic mass is 9.96. The maximum atomic E-state index is 12.4. The molecule has 5 rings (SSSR count). The lowest BCUT2D eigenvalue weighted by molar-refractivity contribution is -0.121. The smallest absolute Gasteiger partial charge is 0.324 e. The summed E-state index contributed by atoms with van der Waals surface area (Å²) in [5.41, 5.74) is 1.45. The van der Waals surface area contributed by atoms with Crippen LogP contribution in [-0.2, 0) is 9.53 Å². The van der Waals surface area contributed by atoms with Crippen molar-refractivity contribution in [1.29, 1.82) is 0 Å². The van der Waals surface area contributed by atoms with E-state index >= 15 is 0 Å². The van der Waals surface area contributed by atoms with E-state index in [2.05, 4.69) is 41.5 Å². The van der Waals surface area contributed by atoms with Crippen LogP contribution >= 0.6 is 0 Å². The summed E-state index contributed by atoms with van der Waals surface area (Å²) < 4.78 is 7.94. The molecular weight excluding hydrogens is 442 g/mol. The van der Waals surface area contributed by atoms with Gasteiger partial charge >= 0.3 is 12.1 Å². The number of carbonyl (C=O) groups excluding carboxylic acids is 3. The number of nitrogens with zero attached hydrogens (tertiary/aromatic N) is 4. The van der Waals surface area contributed by atoms with E-state index in [0.29, 0.717) is 23.3 Å². The first kappa shape index (κ1) is 21.6.